The number of aromatic amines is 1. The number of benzene rings is 1. The van der Waals surface area contributed by atoms with E-state index >= 15 is 0 Å². The summed E-state index contributed by atoms with van der Waals surface area (Å²) < 4.78 is 0. The summed E-state index contributed by atoms with van der Waals surface area (Å²) in [4.78, 5) is 24.8. The van der Waals surface area contributed by atoms with Crippen LogP contribution in [0, 0.1) is 10.1 Å². The number of nitrogens with one attached hydrogen (secondary N) is 2. The van der Waals surface area contributed by atoms with Gasteiger partial charge in [0.1, 0.15) is 0 Å². The fraction of sp³-hybridized carbons (Fsp3) is 0.250. The van der Waals surface area contributed by atoms with Crippen LogP contribution in [0.3, 0.4) is 0 Å². The topological polar surface area (TPSA) is 108 Å². The first-order valence-corrected chi connectivity index (χ1v) is 5.74. The van der Waals surface area contributed by atoms with E-state index in [0.29, 0.717) is 10.9 Å². The van der Waals surface area contributed by atoms with Crippen molar-refractivity contribution in [3.05, 3.63) is 40.1 Å². The standard InChI is InChI=1S/C12H13N3O4/c16-4-3-13-12(17)5-8-7-14-11-2-1-9(15(18)19)6-10(8)11/h1-2,6-7,14,16H,3-5H2,(H,13,17). The number of non-ortho nitro benzene ring substituents is 1. The first-order valence-electron chi connectivity index (χ1n) is 5.74. The molecule has 0 aliphatic heterocycles. The number of carbonyl (C=O) groups is 1. The number of nitro groups is 1. The van der Waals surface area contributed by atoms with Gasteiger partial charge in [-0.15, -0.1) is 0 Å². The second-order valence-corrected chi connectivity index (χ2v) is 4.05. The molecule has 1 heterocycles. The summed E-state index contributed by atoms with van der Waals surface area (Å²) in [5.41, 5.74) is 1.42. The molecule has 3 N–H and O–H groups in total. The second kappa shape index (κ2) is 5.49. The Morgan fingerprint density at radius 2 is 2.26 bits per heavy atom. The normalized spacial score (nSPS) is 10.6. The van der Waals surface area contributed by atoms with Crippen molar-refractivity contribution in [3.63, 3.8) is 0 Å². The quantitative estimate of drug-likeness (QED) is 0.545. The summed E-state index contributed by atoms with van der Waals surface area (Å²) >= 11 is 0. The number of hydrogen-bond acceptors (Lipinski definition) is 4. The van der Waals surface area contributed by atoms with Crippen molar-refractivity contribution in [1.29, 1.82) is 0 Å². The highest BCUT2D eigenvalue weighted by Crippen LogP contribution is 2.23. The lowest BCUT2D eigenvalue weighted by Crippen LogP contribution is -2.27. The maximum absolute atomic E-state index is 11.6. The molecule has 0 spiro atoms. The minimum atomic E-state index is -0.470. The molecule has 100 valence electrons. The van der Waals surface area contributed by atoms with Crippen LogP contribution in [0.1, 0.15) is 5.56 Å². The molecule has 0 fully saturated rings. The predicted molar refractivity (Wildman–Crippen MR) is 68.8 cm³/mol. The Bertz CT molecular complexity index is 620. The van der Waals surface area contributed by atoms with E-state index in [2.05, 4.69) is 10.3 Å². The average Bonchev–Trinajstić information content (AvgIpc) is 2.78. The number of hydrogen-bond donors (Lipinski definition) is 3. The van der Waals surface area contributed by atoms with Crippen LogP contribution in [0.2, 0.25) is 0 Å². The van der Waals surface area contributed by atoms with E-state index in [9.17, 15) is 14.9 Å². The van der Waals surface area contributed by atoms with Gasteiger partial charge in [-0.25, -0.2) is 0 Å². The van der Waals surface area contributed by atoms with Crippen LogP contribution >= 0.6 is 0 Å². The van der Waals surface area contributed by atoms with Gasteiger partial charge in [-0.1, -0.05) is 0 Å². The SMILES string of the molecule is O=C(Cc1c[nH]c2ccc([N+](=O)[O-])cc12)NCCO. The molecule has 0 saturated heterocycles. The van der Waals surface area contributed by atoms with E-state index in [1.807, 2.05) is 0 Å². The van der Waals surface area contributed by atoms with E-state index in [1.54, 1.807) is 12.3 Å². The number of H-pyrrole nitrogens is 1. The number of carbonyl (C=O) groups excluding carboxylic acids is 1. The van der Waals surface area contributed by atoms with E-state index in [0.717, 1.165) is 5.52 Å². The third-order valence-electron chi connectivity index (χ3n) is 2.75. The summed E-state index contributed by atoms with van der Waals surface area (Å²) in [6.07, 6.45) is 1.77. The number of aromatic nitrogens is 1. The molecule has 0 unspecified atom stereocenters. The van der Waals surface area contributed by atoms with Crippen molar-refractivity contribution in [2.45, 2.75) is 6.42 Å². The van der Waals surface area contributed by atoms with E-state index in [-0.39, 0.29) is 31.2 Å². The smallest absolute Gasteiger partial charge is 0.270 e. The van der Waals surface area contributed by atoms with Crippen LogP contribution in [-0.4, -0.2) is 34.1 Å². The van der Waals surface area contributed by atoms with Crippen LogP contribution in [0.5, 0.6) is 0 Å². The zero-order valence-corrected chi connectivity index (χ0v) is 10.0. The van der Waals surface area contributed by atoms with Crippen molar-refractivity contribution in [2.24, 2.45) is 0 Å². The summed E-state index contributed by atoms with van der Waals surface area (Å²) in [6.45, 7) is 0.0758. The van der Waals surface area contributed by atoms with Gasteiger partial charge < -0.3 is 15.4 Å². The maximum atomic E-state index is 11.6. The largest absolute Gasteiger partial charge is 0.395 e. The maximum Gasteiger partial charge on any atom is 0.270 e. The molecular formula is C12H13N3O4. The van der Waals surface area contributed by atoms with E-state index in [1.165, 1.54) is 12.1 Å². The molecule has 0 saturated carbocycles. The van der Waals surface area contributed by atoms with Gasteiger partial charge in [0, 0.05) is 35.8 Å². The molecule has 1 amide bonds. The van der Waals surface area contributed by atoms with Crippen molar-refractivity contribution in [3.8, 4) is 0 Å². The van der Waals surface area contributed by atoms with E-state index in [4.69, 9.17) is 5.11 Å². The fourth-order valence-corrected chi connectivity index (χ4v) is 1.86. The Balaban J connectivity index is 2.25. The van der Waals surface area contributed by atoms with Gasteiger partial charge in [-0.05, 0) is 11.6 Å². The number of fused-ring (bicyclic) bond motifs is 1. The molecule has 19 heavy (non-hydrogen) atoms. The molecule has 2 aromatic rings. The van der Waals surface area contributed by atoms with Crippen LogP contribution in [0.15, 0.2) is 24.4 Å². The summed E-state index contributed by atoms with van der Waals surface area (Å²) in [6, 6.07) is 4.47. The molecule has 0 radical (unpaired) electrons. The minimum Gasteiger partial charge on any atom is -0.395 e. The Kier molecular flexibility index (Phi) is 3.76. The summed E-state index contributed by atoms with van der Waals surface area (Å²) in [5, 5.41) is 22.5. The number of nitrogens with zero attached hydrogens (tertiary/aromatic N) is 1. The third kappa shape index (κ3) is 2.89. The Morgan fingerprint density at radius 1 is 1.47 bits per heavy atom. The molecule has 0 aliphatic rings. The van der Waals surface area contributed by atoms with Crippen LogP contribution < -0.4 is 5.32 Å². The number of aliphatic hydroxyl groups is 1. The van der Waals surface area contributed by atoms with Gasteiger partial charge in [0.05, 0.1) is 18.0 Å². The number of nitro benzene ring substituents is 1. The average molecular weight is 263 g/mol. The van der Waals surface area contributed by atoms with Crippen molar-refractivity contribution < 1.29 is 14.8 Å². The highest BCUT2D eigenvalue weighted by atomic mass is 16.6. The van der Waals surface area contributed by atoms with Gasteiger partial charge in [-0.2, -0.15) is 0 Å². The molecular weight excluding hydrogens is 250 g/mol. The highest BCUT2D eigenvalue weighted by Gasteiger charge is 2.12. The van der Waals surface area contributed by atoms with Crippen molar-refractivity contribution in [2.75, 3.05) is 13.2 Å². The fourth-order valence-electron chi connectivity index (χ4n) is 1.86. The molecule has 1 aromatic carbocycles. The van der Waals surface area contributed by atoms with Crippen LogP contribution in [-0.2, 0) is 11.2 Å². The first kappa shape index (κ1) is 13.0. The van der Waals surface area contributed by atoms with Gasteiger partial charge in [0.15, 0.2) is 0 Å². The number of rotatable bonds is 5. The third-order valence-corrected chi connectivity index (χ3v) is 2.75. The minimum absolute atomic E-state index is 0.0101. The van der Waals surface area contributed by atoms with Crippen LogP contribution in [0.4, 0.5) is 5.69 Å². The number of aliphatic hydroxyl groups excluding tert-OH is 1. The van der Waals surface area contributed by atoms with Crippen molar-refractivity contribution in [1.82, 2.24) is 10.3 Å². The number of amides is 1. The molecule has 2 rings (SSSR count). The predicted octanol–water partition coefficient (Wildman–Crippen LogP) is 0.727. The van der Waals surface area contributed by atoms with Gasteiger partial charge in [0.2, 0.25) is 5.91 Å². The molecule has 7 nitrogen and oxygen atoms in total. The van der Waals surface area contributed by atoms with E-state index < -0.39 is 4.92 Å². The first-order chi connectivity index (χ1) is 9.11. The lowest BCUT2D eigenvalue weighted by molar-refractivity contribution is -0.384. The van der Waals surface area contributed by atoms with Gasteiger partial charge in [0.25, 0.3) is 5.69 Å². The van der Waals surface area contributed by atoms with Crippen LogP contribution in [0.25, 0.3) is 10.9 Å². The van der Waals surface area contributed by atoms with Crippen molar-refractivity contribution >= 4 is 22.5 Å². The zero-order valence-electron chi connectivity index (χ0n) is 10.0. The zero-order chi connectivity index (χ0) is 13.8. The summed E-state index contributed by atoms with van der Waals surface area (Å²) in [5.74, 6) is -0.235. The Morgan fingerprint density at radius 3 is 2.95 bits per heavy atom. The molecule has 1 aromatic heterocycles. The molecule has 7 heteroatoms. The highest BCUT2D eigenvalue weighted by molar-refractivity contribution is 5.90. The second-order valence-electron chi connectivity index (χ2n) is 4.05. The summed E-state index contributed by atoms with van der Waals surface area (Å²) in [7, 11) is 0. The van der Waals surface area contributed by atoms with Gasteiger partial charge >= 0.3 is 0 Å². The lowest BCUT2D eigenvalue weighted by atomic mass is 10.1. The monoisotopic (exact) mass is 263 g/mol. The van der Waals surface area contributed by atoms with Gasteiger partial charge in [-0.3, -0.25) is 14.9 Å². The molecule has 0 atom stereocenters. The Labute approximate surface area is 108 Å². The Hall–Kier alpha value is -2.41. The molecule has 0 bridgehead atoms. The molecule has 0 aliphatic carbocycles. The lowest BCUT2D eigenvalue weighted by Gasteiger charge is -2.02.